The van der Waals surface area contributed by atoms with Gasteiger partial charge in [-0.1, -0.05) is 23.2 Å². The second kappa shape index (κ2) is 6.44. The zero-order valence-corrected chi connectivity index (χ0v) is 14.0. The molecule has 0 fully saturated rings. The topological polar surface area (TPSA) is 64.0 Å². The van der Waals surface area contributed by atoms with Crippen LogP contribution in [0.2, 0.25) is 10.0 Å². The lowest BCUT2D eigenvalue weighted by molar-refractivity contribution is 0.561. The molecule has 0 amide bonds. The monoisotopic (exact) mass is 397 g/mol. The summed E-state index contributed by atoms with van der Waals surface area (Å²) in [7, 11) is -3.70. The highest BCUT2D eigenvalue weighted by Crippen LogP contribution is 2.24. The van der Waals surface area contributed by atoms with E-state index >= 15 is 0 Å². The predicted molar refractivity (Wildman–Crippen MR) is 81.6 cm³/mol. The number of hydrogen-bond donors (Lipinski definition) is 1. The fourth-order valence-corrected chi connectivity index (χ4v) is 3.63. The van der Waals surface area contributed by atoms with E-state index in [1.165, 1.54) is 18.2 Å². The van der Waals surface area contributed by atoms with Crippen molar-refractivity contribution in [1.82, 2.24) is 14.5 Å². The van der Waals surface area contributed by atoms with Gasteiger partial charge in [0.2, 0.25) is 10.0 Å². The maximum atomic E-state index is 12.1. The van der Waals surface area contributed by atoms with Crippen LogP contribution in [0.15, 0.2) is 40.0 Å². The molecule has 5 nitrogen and oxygen atoms in total. The molecule has 1 aromatic heterocycles. The minimum absolute atomic E-state index is 0.0340. The van der Waals surface area contributed by atoms with E-state index in [2.05, 4.69) is 25.8 Å². The number of sulfonamides is 1. The third-order valence-electron chi connectivity index (χ3n) is 2.42. The Hall–Kier alpha value is -0.600. The van der Waals surface area contributed by atoms with Gasteiger partial charge in [-0.15, -0.1) is 0 Å². The summed E-state index contributed by atoms with van der Waals surface area (Å²) in [5.41, 5.74) is 0. The molecule has 0 spiro atoms. The number of hydrogen-bond acceptors (Lipinski definition) is 3. The molecule has 0 aliphatic carbocycles. The molecule has 20 heavy (non-hydrogen) atoms. The average Bonchev–Trinajstić information content (AvgIpc) is 2.78. The summed E-state index contributed by atoms with van der Waals surface area (Å²) in [6.07, 6.45) is 3.38. The third-order valence-corrected chi connectivity index (χ3v) is 5.00. The molecule has 1 aromatic carbocycles. The summed E-state index contributed by atoms with van der Waals surface area (Å²) >= 11 is 14.9. The highest BCUT2D eigenvalue weighted by Gasteiger charge is 2.17. The van der Waals surface area contributed by atoms with Crippen molar-refractivity contribution in [2.45, 2.75) is 11.4 Å². The maximum Gasteiger partial charge on any atom is 0.242 e. The zero-order chi connectivity index (χ0) is 14.8. The molecule has 0 atom stereocenters. The van der Waals surface area contributed by atoms with E-state index < -0.39 is 10.0 Å². The molecule has 108 valence electrons. The van der Waals surface area contributed by atoms with E-state index in [-0.39, 0.29) is 16.5 Å². The van der Waals surface area contributed by atoms with Gasteiger partial charge in [0.25, 0.3) is 0 Å². The standard InChI is InChI=1S/C11H10BrCl2N3O2S/c12-8-6-15-17(7-8)4-3-16-20(18,19)11-5-9(13)1-2-10(11)14/h1-2,5-7,16H,3-4H2. The molecule has 1 heterocycles. The van der Waals surface area contributed by atoms with Crippen molar-refractivity contribution in [2.75, 3.05) is 6.54 Å². The Bertz CT molecular complexity index is 718. The molecule has 0 aliphatic heterocycles. The first-order valence-corrected chi connectivity index (χ1v) is 8.54. The van der Waals surface area contributed by atoms with E-state index in [1.807, 2.05) is 0 Å². The highest BCUT2D eigenvalue weighted by molar-refractivity contribution is 9.10. The van der Waals surface area contributed by atoms with Crippen molar-refractivity contribution in [3.63, 3.8) is 0 Å². The van der Waals surface area contributed by atoms with Gasteiger partial charge in [-0.3, -0.25) is 4.68 Å². The van der Waals surface area contributed by atoms with Crippen LogP contribution in [0.4, 0.5) is 0 Å². The van der Waals surface area contributed by atoms with Crippen molar-refractivity contribution in [2.24, 2.45) is 0 Å². The first-order chi connectivity index (χ1) is 9.38. The SMILES string of the molecule is O=S(=O)(NCCn1cc(Br)cn1)c1cc(Cl)ccc1Cl. The molecular weight excluding hydrogens is 389 g/mol. The van der Waals surface area contributed by atoms with Crippen LogP contribution in [0.3, 0.4) is 0 Å². The lowest BCUT2D eigenvalue weighted by Gasteiger charge is -2.08. The largest absolute Gasteiger partial charge is 0.270 e. The lowest BCUT2D eigenvalue weighted by atomic mass is 10.4. The number of benzene rings is 1. The van der Waals surface area contributed by atoms with Gasteiger partial charge in [0.05, 0.1) is 22.2 Å². The van der Waals surface area contributed by atoms with Crippen LogP contribution in [0.25, 0.3) is 0 Å². The van der Waals surface area contributed by atoms with Gasteiger partial charge in [0.15, 0.2) is 0 Å². The van der Waals surface area contributed by atoms with Crippen LogP contribution in [0, 0.1) is 0 Å². The minimum atomic E-state index is -3.70. The Balaban J connectivity index is 2.06. The van der Waals surface area contributed by atoms with Crippen LogP contribution in [-0.4, -0.2) is 24.7 Å². The number of rotatable bonds is 5. The van der Waals surface area contributed by atoms with Crippen LogP contribution >= 0.6 is 39.1 Å². The van der Waals surface area contributed by atoms with Crippen LogP contribution in [0.1, 0.15) is 0 Å². The molecule has 2 aromatic rings. The van der Waals surface area contributed by atoms with Crippen LogP contribution in [-0.2, 0) is 16.6 Å². The van der Waals surface area contributed by atoms with Gasteiger partial charge in [-0.05, 0) is 34.1 Å². The number of nitrogens with zero attached hydrogens (tertiary/aromatic N) is 2. The smallest absolute Gasteiger partial charge is 0.242 e. The van der Waals surface area contributed by atoms with Crippen molar-refractivity contribution in [3.05, 3.63) is 45.1 Å². The average molecular weight is 399 g/mol. The van der Waals surface area contributed by atoms with Crippen LogP contribution in [0.5, 0.6) is 0 Å². The Morgan fingerprint density at radius 2 is 2.10 bits per heavy atom. The number of aromatic nitrogens is 2. The Morgan fingerprint density at radius 1 is 1.35 bits per heavy atom. The Labute approximate surface area is 135 Å². The number of nitrogens with one attached hydrogen (secondary N) is 1. The summed E-state index contributed by atoms with van der Waals surface area (Å²) in [5.74, 6) is 0. The summed E-state index contributed by atoms with van der Waals surface area (Å²) in [5, 5.41) is 4.47. The molecule has 9 heteroatoms. The summed E-state index contributed by atoms with van der Waals surface area (Å²) < 4.78 is 29.1. The molecule has 0 aliphatic rings. The van der Waals surface area contributed by atoms with Gasteiger partial charge in [-0.25, -0.2) is 13.1 Å². The van der Waals surface area contributed by atoms with E-state index in [9.17, 15) is 8.42 Å². The number of halogens is 3. The normalized spacial score (nSPS) is 11.8. The molecule has 0 saturated heterocycles. The Kier molecular flexibility index (Phi) is 5.09. The van der Waals surface area contributed by atoms with E-state index in [1.54, 1.807) is 17.1 Å². The molecule has 0 saturated carbocycles. The fourth-order valence-electron chi connectivity index (χ4n) is 1.52. The summed E-state index contributed by atoms with van der Waals surface area (Å²) in [6, 6.07) is 4.30. The van der Waals surface area contributed by atoms with Crippen molar-refractivity contribution in [1.29, 1.82) is 0 Å². The second-order valence-corrected chi connectivity index (χ2v) is 7.39. The fraction of sp³-hybridized carbons (Fsp3) is 0.182. The van der Waals surface area contributed by atoms with Crippen molar-refractivity contribution < 1.29 is 8.42 Å². The quantitative estimate of drug-likeness (QED) is 0.841. The van der Waals surface area contributed by atoms with E-state index in [0.29, 0.717) is 11.6 Å². The minimum Gasteiger partial charge on any atom is -0.270 e. The van der Waals surface area contributed by atoms with Gasteiger partial charge in [-0.2, -0.15) is 5.10 Å². The summed E-state index contributed by atoms with van der Waals surface area (Å²) in [6.45, 7) is 0.600. The van der Waals surface area contributed by atoms with Gasteiger partial charge in [0.1, 0.15) is 4.90 Å². The molecule has 0 unspecified atom stereocenters. The first kappa shape index (κ1) is 15.8. The van der Waals surface area contributed by atoms with E-state index in [0.717, 1.165) is 4.47 Å². The predicted octanol–water partition coefficient (Wildman–Crippen LogP) is 2.93. The lowest BCUT2D eigenvalue weighted by Crippen LogP contribution is -2.27. The van der Waals surface area contributed by atoms with Crippen LogP contribution < -0.4 is 4.72 Å². The molecule has 0 bridgehead atoms. The first-order valence-electron chi connectivity index (χ1n) is 5.51. The summed E-state index contributed by atoms with van der Waals surface area (Å²) in [4.78, 5) is -0.0340. The molecule has 1 N–H and O–H groups in total. The molecule has 2 rings (SSSR count). The van der Waals surface area contributed by atoms with E-state index in [4.69, 9.17) is 23.2 Å². The molecular formula is C11H10BrCl2N3O2S. The van der Waals surface area contributed by atoms with Crippen molar-refractivity contribution >= 4 is 49.2 Å². The van der Waals surface area contributed by atoms with Crippen molar-refractivity contribution in [3.8, 4) is 0 Å². The second-order valence-electron chi connectivity index (χ2n) is 3.89. The Morgan fingerprint density at radius 3 is 2.75 bits per heavy atom. The highest BCUT2D eigenvalue weighted by atomic mass is 79.9. The van der Waals surface area contributed by atoms with Gasteiger partial charge >= 0.3 is 0 Å². The molecule has 0 radical (unpaired) electrons. The van der Waals surface area contributed by atoms with Gasteiger partial charge in [0, 0.05) is 17.8 Å². The van der Waals surface area contributed by atoms with Gasteiger partial charge < -0.3 is 0 Å². The third kappa shape index (κ3) is 3.95. The zero-order valence-electron chi connectivity index (χ0n) is 10.1. The maximum absolute atomic E-state index is 12.1.